The molecule has 1 aliphatic rings. The number of aromatic nitrogens is 1. The lowest BCUT2D eigenvalue weighted by molar-refractivity contribution is -0.114. The first-order valence-electron chi connectivity index (χ1n) is 11.3. The van der Waals surface area contributed by atoms with E-state index in [1.807, 2.05) is 52.0 Å². The van der Waals surface area contributed by atoms with Crippen LogP contribution in [0.4, 0.5) is 11.4 Å². The van der Waals surface area contributed by atoms with Gasteiger partial charge in [0.15, 0.2) is 0 Å². The fourth-order valence-electron chi connectivity index (χ4n) is 4.20. The van der Waals surface area contributed by atoms with E-state index >= 15 is 0 Å². The van der Waals surface area contributed by atoms with Crippen LogP contribution in [0.5, 0.6) is 0 Å². The van der Waals surface area contributed by atoms with Crippen LogP contribution in [0.1, 0.15) is 57.0 Å². The van der Waals surface area contributed by atoms with Crippen molar-refractivity contribution < 1.29 is 14.4 Å². The lowest BCUT2D eigenvalue weighted by Gasteiger charge is -2.15. The van der Waals surface area contributed by atoms with Crippen LogP contribution >= 0.6 is 11.6 Å². The molecule has 2 aromatic carbocycles. The van der Waals surface area contributed by atoms with Gasteiger partial charge in [-0.05, 0) is 63.1 Å². The molecule has 3 aromatic rings. The molecule has 3 amide bonds. The number of carbonyl (C=O) groups excluding carboxylic acids is 3. The van der Waals surface area contributed by atoms with Gasteiger partial charge in [0.05, 0.1) is 17.3 Å². The first-order chi connectivity index (χ1) is 16.7. The van der Waals surface area contributed by atoms with E-state index in [-0.39, 0.29) is 29.6 Å². The predicted octanol–water partition coefficient (Wildman–Crippen LogP) is 5.10. The Morgan fingerprint density at radius 2 is 1.89 bits per heavy atom. The van der Waals surface area contributed by atoms with E-state index in [0.29, 0.717) is 33.8 Å². The van der Waals surface area contributed by atoms with Crippen molar-refractivity contribution in [2.75, 3.05) is 16.5 Å². The highest BCUT2D eigenvalue weighted by atomic mass is 35.5. The van der Waals surface area contributed by atoms with Crippen molar-refractivity contribution >= 4 is 52.3 Å². The number of benzene rings is 2. The Labute approximate surface area is 209 Å². The Hall–Kier alpha value is -3.84. The number of amides is 3. The average Bonchev–Trinajstić information content (AvgIpc) is 3.28. The summed E-state index contributed by atoms with van der Waals surface area (Å²) >= 11 is 5.62. The number of carbonyl (C=O) groups is 3. The maximum atomic E-state index is 13.0. The number of hydrogen-bond acceptors (Lipinski definition) is 3. The van der Waals surface area contributed by atoms with Crippen LogP contribution in [0, 0.1) is 20.8 Å². The third kappa shape index (κ3) is 5.00. The third-order valence-corrected chi connectivity index (χ3v) is 6.35. The first-order valence-corrected chi connectivity index (χ1v) is 11.8. The molecule has 4 rings (SSSR count). The van der Waals surface area contributed by atoms with E-state index < -0.39 is 0 Å². The highest BCUT2D eigenvalue weighted by Gasteiger charge is 2.26. The average molecular weight is 491 g/mol. The van der Waals surface area contributed by atoms with Gasteiger partial charge in [-0.25, -0.2) is 0 Å². The van der Waals surface area contributed by atoms with Crippen molar-refractivity contribution in [1.82, 2.24) is 10.3 Å². The molecule has 0 spiro atoms. The standard InChI is InChI=1S/C27H27ClN4O3/c1-14-6-5-7-18(10-14)16(3)30-26(34)19-8-9-22-20(11-19)21(27(35)31-22)12-23-15(2)25(17(4)29-23)32-24(33)13-28/h5-12,16,29H,13H2,1-4H3,(H,30,34)(H,31,35)(H,32,33). The molecule has 1 aliphatic heterocycles. The van der Waals surface area contributed by atoms with Crippen molar-refractivity contribution in [3.05, 3.63) is 81.7 Å². The number of aryl methyl sites for hydroxylation is 2. The molecule has 0 saturated heterocycles. The Bertz CT molecular complexity index is 1370. The monoisotopic (exact) mass is 490 g/mol. The minimum Gasteiger partial charge on any atom is -0.357 e. The summed E-state index contributed by atoms with van der Waals surface area (Å²) in [5, 5.41) is 8.66. The van der Waals surface area contributed by atoms with Gasteiger partial charge < -0.3 is 20.9 Å². The molecular weight excluding hydrogens is 464 g/mol. The quantitative estimate of drug-likeness (QED) is 0.285. The van der Waals surface area contributed by atoms with E-state index in [1.165, 1.54) is 0 Å². The molecule has 0 fully saturated rings. The maximum Gasteiger partial charge on any atom is 0.256 e. The number of hydrogen-bond donors (Lipinski definition) is 4. The van der Waals surface area contributed by atoms with E-state index in [1.54, 1.807) is 24.3 Å². The molecule has 0 saturated carbocycles. The zero-order valence-electron chi connectivity index (χ0n) is 20.0. The van der Waals surface area contributed by atoms with Gasteiger partial charge in [0.1, 0.15) is 5.88 Å². The second kappa shape index (κ2) is 9.80. The Kier molecular flexibility index (Phi) is 6.80. The maximum absolute atomic E-state index is 13.0. The molecule has 1 aromatic heterocycles. The minimum atomic E-state index is -0.310. The molecule has 1 unspecified atom stereocenters. The molecule has 7 nitrogen and oxygen atoms in total. The van der Waals surface area contributed by atoms with Crippen LogP contribution in [-0.2, 0) is 9.59 Å². The van der Waals surface area contributed by atoms with Gasteiger partial charge >= 0.3 is 0 Å². The number of nitrogens with one attached hydrogen (secondary N) is 4. The van der Waals surface area contributed by atoms with Crippen molar-refractivity contribution in [2.24, 2.45) is 0 Å². The fraction of sp³-hybridized carbons (Fsp3) is 0.222. The molecule has 0 radical (unpaired) electrons. The van der Waals surface area contributed by atoms with Gasteiger partial charge in [-0.2, -0.15) is 0 Å². The number of aromatic amines is 1. The van der Waals surface area contributed by atoms with Crippen LogP contribution in [-0.4, -0.2) is 28.6 Å². The summed E-state index contributed by atoms with van der Waals surface area (Å²) in [5.74, 6) is -0.943. The van der Waals surface area contributed by atoms with Crippen LogP contribution in [0.2, 0.25) is 0 Å². The summed E-state index contributed by atoms with van der Waals surface area (Å²) in [6.07, 6.45) is 1.73. The van der Waals surface area contributed by atoms with Crippen LogP contribution in [0.3, 0.4) is 0 Å². The smallest absolute Gasteiger partial charge is 0.256 e. The lowest BCUT2D eigenvalue weighted by Crippen LogP contribution is -2.26. The van der Waals surface area contributed by atoms with Crippen LogP contribution in [0.25, 0.3) is 11.6 Å². The highest BCUT2D eigenvalue weighted by molar-refractivity contribution is 6.35. The lowest BCUT2D eigenvalue weighted by atomic mass is 10.0. The van der Waals surface area contributed by atoms with Gasteiger partial charge in [-0.1, -0.05) is 29.8 Å². The zero-order valence-corrected chi connectivity index (χ0v) is 20.8. The van der Waals surface area contributed by atoms with Gasteiger partial charge in [-0.15, -0.1) is 11.6 Å². The van der Waals surface area contributed by atoms with Crippen LogP contribution < -0.4 is 16.0 Å². The first kappa shape index (κ1) is 24.3. The summed E-state index contributed by atoms with van der Waals surface area (Å²) in [5.41, 5.74) is 7.19. The van der Waals surface area contributed by atoms with Crippen molar-refractivity contribution in [3.63, 3.8) is 0 Å². The molecule has 8 heteroatoms. The minimum absolute atomic E-state index is 0.149. The summed E-state index contributed by atoms with van der Waals surface area (Å²) < 4.78 is 0. The normalized spacial score (nSPS) is 14.4. The summed E-state index contributed by atoms with van der Waals surface area (Å²) in [6, 6.07) is 13.0. The predicted molar refractivity (Wildman–Crippen MR) is 140 cm³/mol. The zero-order chi connectivity index (χ0) is 25.3. The summed E-state index contributed by atoms with van der Waals surface area (Å²) in [6.45, 7) is 7.63. The second-order valence-corrected chi connectivity index (χ2v) is 8.99. The Morgan fingerprint density at radius 1 is 1.11 bits per heavy atom. The van der Waals surface area contributed by atoms with Gasteiger partial charge in [0, 0.05) is 28.2 Å². The number of alkyl halides is 1. The number of anilines is 2. The molecule has 2 heterocycles. The second-order valence-electron chi connectivity index (χ2n) is 8.73. The summed E-state index contributed by atoms with van der Waals surface area (Å²) in [4.78, 5) is 40.7. The van der Waals surface area contributed by atoms with E-state index in [0.717, 1.165) is 22.4 Å². The number of fused-ring (bicyclic) bond motifs is 1. The number of halogens is 1. The number of H-pyrrole nitrogens is 1. The molecule has 35 heavy (non-hydrogen) atoms. The summed E-state index contributed by atoms with van der Waals surface area (Å²) in [7, 11) is 0. The van der Waals surface area contributed by atoms with Crippen LogP contribution in [0.15, 0.2) is 42.5 Å². The fourth-order valence-corrected chi connectivity index (χ4v) is 4.27. The molecule has 0 bridgehead atoms. The molecule has 1 atom stereocenters. The Balaban J connectivity index is 1.62. The topological polar surface area (TPSA) is 103 Å². The molecule has 180 valence electrons. The Morgan fingerprint density at radius 3 is 2.60 bits per heavy atom. The largest absolute Gasteiger partial charge is 0.357 e. The van der Waals surface area contributed by atoms with E-state index in [4.69, 9.17) is 11.6 Å². The van der Waals surface area contributed by atoms with Crippen molar-refractivity contribution in [3.8, 4) is 0 Å². The van der Waals surface area contributed by atoms with Crippen molar-refractivity contribution in [2.45, 2.75) is 33.7 Å². The van der Waals surface area contributed by atoms with Gasteiger partial charge in [0.25, 0.3) is 11.8 Å². The third-order valence-electron chi connectivity index (χ3n) is 6.11. The van der Waals surface area contributed by atoms with E-state index in [2.05, 4.69) is 20.9 Å². The molecule has 4 N–H and O–H groups in total. The SMILES string of the molecule is Cc1cccc(C(C)NC(=O)c2ccc3c(c2)C(=Cc2[nH]c(C)c(NC(=O)CCl)c2C)C(=O)N3)c1. The van der Waals surface area contributed by atoms with Crippen molar-refractivity contribution in [1.29, 1.82) is 0 Å². The van der Waals surface area contributed by atoms with Gasteiger partial charge in [0.2, 0.25) is 5.91 Å². The molecular formula is C27H27ClN4O3. The highest BCUT2D eigenvalue weighted by Crippen LogP contribution is 2.35. The number of rotatable bonds is 6. The molecule has 0 aliphatic carbocycles. The van der Waals surface area contributed by atoms with Gasteiger partial charge in [-0.3, -0.25) is 14.4 Å². The van der Waals surface area contributed by atoms with E-state index in [9.17, 15) is 14.4 Å².